The Morgan fingerprint density at radius 1 is 1.32 bits per heavy atom. The van der Waals surface area contributed by atoms with Crippen molar-refractivity contribution in [3.63, 3.8) is 0 Å². The van der Waals surface area contributed by atoms with E-state index in [1.54, 1.807) is 0 Å². The molecule has 1 aliphatic rings. The molecule has 1 saturated heterocycles. The van der Waals surface area contributed by atoms with Crippen LogP contribution in [0.15, 0.2) is 6.33 Å². The van der Waals surface area contributed by atoms with E-state index in [0.717, 1.165) is 50.4 Å². The van der Waals surface area contributed by atoms with Crippen molar-refractivity contribution in [3.8, 4) is 0 Å². The summed E-state index contributed by atoms with van der Waals surface area (Å²) < 4.78 is 5.42. The average molecular weight is 265 g/mol. The maximum absolute atomic E-state index is 5.48. The zero-order valence-corrected chi connectivity index (χ0v) is 11.7. The molecule has 2 rings (SSSR count). The molecule has 4 N–H and O–H groups in total. The molecule has 0 aromatic carbocycles. The lowest BCUT2D eigenvalue weighted by Crippen LogP contribution is -2.33. The molecule has 1 aromatic rings. The summed E-state index contributed by atoms with van der Waals surface area (Å²) in [5.41, 5.74) is 3.92. The minimum atomic E-state index is 0.268. The van der Waals surface area contributed by atoms with Crippen LogP contribution >= 0.6 is 0 Å². The monoisotopic (exact) mass is 265 g/mol. The van der Waals surface area contributed by atoms with Crippen molar-refractivity contribution in [2.75, 3.05) is 30.5 Å². The summed E-state index contributed by atoms with van der Waals surface area (Å²) in [6.45, 7) is 6.94. The van der Waals surface area contributed by atoms with Gasteiger partial charge in [-0.3, -0.25) is 0 Å². The van der Waals surface area contributed by atoms with Crippen LogP contribution in [0, 0.1) is 5.41 Å². The Morgan fingerprint density at radius 2 is 2.00 bits per heavy atom. The third kappa shape index (κ3) is 3.33. The molecular formula is C13H23N5O. The fourth-order valence-electron chi connectivity index (χ4n) is 2.36. The molecular weight excluding hydrogens is 242 g/mol. The van der Waals surface area contributed by atoms with Gasteiger partial charge in [0, 0.05) is 25.3 Å². The van der Waals surface area contributed by atoms with E-state index in [0.29, 0.717) is 5.82 Å². The van der Waals surface area contributed by atoms with E-state index in [1.807, 2.05) is 0 Å². The van der Waals surface area contributed by atoms with Gasteiger partial charge in [0.15, 0.2) is 0 Å². The molecule has 6 heteroatoms. The molecule has 106 valence electrons. The second-order valence-electron chi connectivity index (χ2n) is 5.32. The van der Waals surface area contributed by atoms with Crippen LogP contribution in [-0.4, -0.2) is 29.7 Å². The number of nitrogens with two attached hydrogens (primary N) is 1. The lowest BCUT2D eigenvalue weighted by atomic mass is 9.82. The Hall–Kier alpha value is -1.40. The van der Waals surface area contributed by atoms with Gasteiger partial charge < -0.3 is 15.5 Å². The van der Waals surface area contributed by atoms with Crippen molar-refractivity contribution < 1.29 is 4.74 Å². The summed E-state index contributed by atoms with van der Waals surface area (Å²) >= 11 is 0. The standard InChI is InChI=1S/C13H23N5O/c1-3-10-11(16-9-17-12(10)18-14)15-8-13(2)4-6-19-7-5-13/h9H,3-8,14H2,1-2H3,(H2,15,16,17,18). The predicted molar refractivity (Wildman–Crippen MR) is 75.9 cm³/mol. The van der Waals surface area contributed by atoms with Gasteiger partial charge >= 0.3 is 0 Å². The van der Waals surface area contributed by atoms with Crippen molar-refractivity contribution in [2.24, 2.45) is 11.3 Å². The van der Waals surface area contributed by atoms with Crippen molar-refractivity contribution in [2.45, 2.75) is 33.1 Å². The van der Waals surface area contributed by atoms with Gasteiger partial charge in [0.05, 0.1) is 0 Å². The minimum Gasteiger partial charge on any atom is -0.381 e. The van der Waals surface area contributed by atoms with E-state index >= 15 is 0 Å². The smallest absolute Gasteiger partial charge is 0.148 e. The fourth-order valence-corrected chi connectivity index (χ4v) is 2.36. The van der Waals surface area contributed by atoms with E-state index in [1.165, 1.54) is 6.33 Å². The van der Waals surface area contributed by atoms with E-state index in [9.17, 15) is 0 Å². The Balaban J connectivity index is 2.06. The number of hydrogen-bond donors (Lipinski definition) is 3. The van der Waals surface area contributed by atoms with Gasteiger partial charge in [0.1, 0.15) is 18.0 Å². The maximum Gasteiger partial charge on any atom is 0.148 e. The van der Waals surface area contributed by atoms with Gasteiger partial charge in [0.25, 0.3) is 0 Å². The highest BCUT2D eigenvalue weighted by molar-refractivity contribution is 5.56. The van der Waals surface area contributed by atoms with Crippen molar-refractivity contribution >= 4 is 11.6 Å². The van der Waals surface area contributed by atoms with Crippen LogP contribution < -0.4 is 16.6 Å². The quantitative estimate of drug-likeness (QED) is 0.553. The molecule has 1 aromatic heterocycles. The Labute approximate surface area is 114 Å². The second kappa shape index (κ2) is 6.16. The Kier molecular flexibility index (Phi) is 4.55. The van der Waals surface area contributed by atoms with Gasteiger partial charge in [-0.2, -0.15) is 0 Å². The molecule has 0 radical (unpaired) electrons. The zero-order valence-electron chi connectivity index (χ0n) is 11.7. The highest BCUT2D eigenvalue weighted by Crippen LogP contribution is 2.30. The van der Waals surface area contributed by atoms with Gasteiger partial charge in [-0.05, 0) is 24.7 Å². The Morgan fingerprint density at radius 3 is 2.63 bits per heavy atom. The number of hydrazine groups is 1. The number of rotatable bonds is 5. The maximum atomic E-state index is 5.48. The molecule has 0 unspecified atom stereocenters. The zero-order chi connectivity index (χ0) is 13.7. The lowest BCUT2D eigenvalue weighted by Gasteiger charge is -2.34. The summed E-state index contributed by atoms with van der Waals surface area (Å²) in [4.78, 5) is 8.46. The fraction of sp³-hybridized carbons (Fsp3) is 0.692. The van der Waals surface area contributed by atoms with Crippen molar-refractivity contribution in [1.82, 2.24) is 9.97 Å². The molecule has 0 spiro atoms. The number of ether oxygens (including phenoxy) is 1. The molecule has 19 heavy (non-hydrogen) atoms. The number of nitrogens with one attached hydrogen (secondary N) is 2. The first kappa shape index (κ1) is 14.0. The number of nitrogen functional groups attached to an aromatic ring is 1. The molecule has 0 aliphatic carbocycles. The van der Waals surface area contributed by atoms with E-state index in [4.69, 9.17) is 10.6 Å². The lowest BCUT2D eigenvalue weighted by molar-refractivity contribution is 0.0299. The van der Waals surface area contributed by atoms with Crippen LogP contribution in [0.25, 0.3) is 0 Å². The highest BCUT2D eigenvalue weighted by Gasteiger charge is 2.27. The van der Waals surface area contributed by atoms with Crippen LogP contribution in [0.4, 0.5) is 11.6 Å². The minimum absolute atomic E-state index is 0.268. The first-order chi connectivity index (χ1) is 9.18. The predicted octanol–water partition coefficient (Wildman–Crippen LogP) is 1.55. The topological polar surface area (TPSA) is 85.1 Å². The first-order valence-electron chi connectivity index (χ1n) is 6.80. The normalized spacial score (nSPS) is 18.1. The Bertz CT molecular complexity index is 417. The SMILES string of the molecule is CCc1c(NN)ncnc1NCC1(C)CCOCC1. The first-order valence-corrected chi connectivity index (χ1v) is 6.80. The van der Waals surface area contributed by atoms with Gasteiger partial charge in [-0.15, -0.1) is 0 Å². The molecule has 2 heterocycles. The number of aromatic nitrogens is 2. The summed E-state index contributed by atoms with van der Waals surface area (Å²) in [6, 6.07) is 0. The summed E-state index contributed by atoms with van der Waals surface area (Å²) in [7, 11) is 0. The third-order valence-corrected chi connectivity index (χ3v) is 3.82. The summed E-state index contributed by atoms with van der Waals surface area (Å²) in [5, 5.41) is 3.45. The highest BCUT2D eigenvalue weighted by atomic mass is 16.5. The van der Waals surface area contributed by atoms with Gasteiger partial charge in [0.2, 0.25) is 0 Å². The van der Waals surface area contributed by atoms with E-state index in [-0.39, 0.29) is 5.41 Å². The van der Waals surface area contributed by atoms with E-state index in [2.05, 4.69) is 34.6 Å². The van der Waals surface area contributed by atoms with Crippen LogP contribution in [0.1, 0.15) is 32.3 Å². The summed E-state index contributed by atoms with van der Waals surface area (Å²) in [6.07, 6.45) is 4.52. The van der Waals surface area contributed by atoms with Crippen LogP contribution in [0.3, 0.4) is 0 Å². The second-order valence-corrected chi connectivity index (χ2v) is 5.32. The number of nitrogens with zero attached hydrogens (tertiary/aromatic N) is 2. The van der Waals surface area contributed by atoms with E-state index < -0.39 is 0 Å². The van der Waals surface area contributed by atoms with Crippen molar-refractivity contribution in [1.29, 1.82) is 0 Å². The average Bonchev–Trinajstić information content (AvgIpc) is 2.45. The van der Waals surface area contributed by atoms with Gasteiger partial charge in [-0.1, -0.05) is 13.8 Å². The van der Waals surface area contributed by atoms with Gasteiger partial charge in [-0.25, -0.2) is 15.8 Å². The summed E-state index contributed by atoms with van der Waals surface area (Å²) in [5.74, 6) is 7.04. The largest absolute Gasteiger partial charge is 0.381 e. The van der Waals surface area contributed by atoms with Crippen LogP contribution in [-0.2, 0) is 11.2 Å². The van der Waals surface area contributed by atoms with Crippen molar-refractivity contribution in [3.05, 3.63) is 11.9 Å². The van der Waals surface area contributed by atoms with Crippen LogP contribution in [0.5, 0.6) is 0 Å². The molecule has 0 atom stereocenters. The number of anilines is 2. The molecule has 0 saturated carbocycles. The van der Waals surface area contributed by atoms with Crippen LogP contribution in [0.2, 0.25) is 0 Å². The molecule has 1 aliphatic heterocycles. The molecule has 0 bridgehead atoms. The third-order valence-electron chi connectivity index (χ3n) is 3.82. The number of hydrogen-bond acceptors (Lipinski definition) is 6. The molecule has 6 nitrogen and oxygen atoms in total. The molecule has 1 fully saturated rings. The molecule has 0 amide bonds.